The molecule has 88 valence electrons. The third-order valence-electron chi connectivity index (χ3n) is 3.76. The number of carbonyl (C=O) groups is 1. The number of piperidine rings is 2. The highest BCUT2D eigenvalue weighted by molar-refractivity contribution is 5.85. The molecule has 1 amide bonds. The molecule has 0 radical (unpaired) electrons. The van der Waals surface area contributed by atoms with Crippen LogP contribution in [0.15, 0.2) is 0 Å². The van der Waals surface area contributed by atoms with Crippen molar-refractivity contribution in [2.24, 2.45) is 5.41 Å². The Hall–Kier alpha value is -0.480. The molecule has 0 aliphatic carbocycles. The Morgan fingerprint density at radius 3 is 2.13 bits per heavy atom. The molecule has 0 unspecified atom stereocenters. The number of nitrogens with zero attached hydrogens (tertiary/aromatic N) is 1. The lowest BCUT2D eigenvalue weighted by molar-refractivity contribution is 0.0693. The van der Waals surface area contributed by atoms with E-state index in [0.29, 0.717) is 5.41 Å². The first-order valence-corrected chi connectivity index (χ1v) is 5.41. The first kappa shape index (κ1) is 12.6. The van der Waals surface area contributed by atoms with Gasteiger partial charge in [-0.3, -0.25) is 0 Å². The van der Waals surface area contributed by atoms with Gasteiger partial charge < -0.3 is 15.3 Å². The van der Waals surface area contributed by atoms with E-state index in [-0.39, 0.29) is 12.4 Å². The molecule has 2 heterocycles. The topological polar surface area (TPSA) is 52.6 Å². The fourth-order valence-corrected chi connectivity index (χ4v) is 2.63. The van der Waals surface area contributed by atoms with Crippen LogP contribution < -0.4 is 5.32 Å². The summed E-state index contributed by atoms with van der Waals surface area (Å²) in [6.07, 6.45) is 3.80. The van der Waals surface area contributed by atoms with Crippen molar-refractivity contribution in [3.05, 3.63) is 0 Å². The summed E-state index contributed by atoms with van der Waals surface area (Å²) in [6, 6.07) is 0. The average molecular weight is 235 g/mol. The molecule has 2 N–H and O–H groups in total. The molecule has 0 bridgehead atoms. The Balaban J connectivity index is 0.00000112. The lowest BCUT2D eigenvalue weighted by Gasteiger charge is -2.43. The van der Waals surface area contributed by atoms with Gasteiger partial charge in [-0.05, 0) is 44.2 Å². The van der Waals surface area contributed by atoms with Crippen LogP contribution >= 0.6 is 12.4 Å². The largest absolute Gasteiger partial charge is 0.465 e. The van der Waals surface area contributed by atoms with Crippen LogP contribution in [-0.4, -0.2) is 42.3 Å². The van der Waals surface area contributed by atoms with E-state index in [2.05, 4.69) is 5.32 Å². The summed E-state index contributed by atoms with van der Waals surface area (Å²) in [6.45, 7) is 3.67. The van der Waals surface area contributed by atoms with Gasteiger partial charge in [-0.25, -0.2) is 4.79 Å². The minimum atomic E-state index is -0.756. The SMILES string of the molecule is Cl.O=C(O)N1CCC2(CCNCC2)CC1. The molecule has 0 aromatic carbocycles. The Bertz CT molecular complexity index is 219. The van der Waals surface area contributed by atoms with Crippen LogP contribution in [-0.2, 0) is 0 Å². The number of nitrogens with one attached hydrogen (secondary N) is 1. The maximum absolute atomic E-state index is 10.7. The van der Waals surface area contributed by atoms with Crippen molar-refractivity contribution in [3.8, 4) is 0 Å². The Morgan fingerprint density at radius 2 is 1.67 bits per heavy atom. The highest BCUT2D eigenvalue weighted by atomic mass is 35.5. The van der Waals surface area contributed by atoms with E-state index >= 15 is 0 Å². The summed E-state index contributed by atoms with van der Waals surface area (Å²) in [7, 11) is 0. The molecule has 2 aliphatic heterocycles. The average Bonchev–Trinajstić information content (AvgIpc) is 2.19. The van der Waals surface area contributed by atoms with Crippen LogP contribution in [0.1, 0.15) is 25.7 Å². The summed E-state index contributed by atoms with van der Waals surface area (Å²) in [5.74, 6) is 0. The van der Waals surface area contributed by atoms with Crippen LogP contribution in [0.2, 0.25) is 0 Å². The molecular weight excluding hydrogens is 216 g/mol. The maximum atomic E-state index is 10.7. The van der Waals surface area contributed by atoms with E-state index in [4.69, 9.17) is 5.11 Å². The Morgan fingerprint density at radius 1 is 1.13 bits per heavy atom. The van der Waals surface area contributed by atoms with Crippen LogP contribution in [0, 0.1) is 5.41 Å². The molecule has 0 saturated carbocycles. The number of halogens is 1. The van der Waals surface area contributed by atoms with Crippen molar-refractivity contribution in [3.63, 3.8) is 0 Å². The van der Waals surface area contributed by atoms with Gasteiger partial charge in [-0.15, -0.1) is 12.4 Å². The molecular formula is C10H19ClN2O2. The molecule has 4 nitrogen and oxygen atoms in total. The third-order valence-corrected chi connectivity index (χ3v) is 3.76. The van der Waals surface area contributed by atoms with Gasteiger partial charge in [0.05, 0.1) is 0 Å². The molecule has 0 aromatic rings. The lowest BCUT2D eigenvalue weighted by atomic mass is 9.72. The zero-order valence-electron chi connectivity index (χ0n) is 8.87. The highest BCUT2D eigenvalue weighted by Crippen LogP contribution is 2.39. The minimum Gasteiger partial charge on any atom is -0.465 e. The highest BCUT2D eigenvalue weighted by Gasteiger charge is 2.36. The molecule has 0 aromatic heterocycles. The summed E-state index contributed by atoms with van der Waals surface area (Å²) in [4.78, 5) is 12.3. The summed E-state index contributed by atoms with van der Waals surface area (Å²) >= 11 is 0. The van der Waals surface area contributed by atoms with Gasteiger partial charge >= 0.3 is 6.09 Å². The van der Waals surface area contributed by atoms with Gasteiger partial charge in [0.1, 0.15) is 0 Å². The number of carboxylic acid groups (broad SMARTS) is 1. The zero-order chi connectivity index (χ0) is 10.0. The maximum Gasteiger partial charge on any atom is 0.407 e. The van der Waals surface area contributed by atoms with Crippen molar-refractivity contribution in [2.45, 2.75) is 25.7 Å². The molecule has 2 saturated heterocycles. The first-order chi connectivity index (χ1) is 6.72. The van der Waals surface area contributed by atoms with Gasteiger partial charge in [0, 0.05) is 13.1 Å². The Kier molecular flexibility index (Phi) is 4.22. The van der Waals surface area contributed by atoms with Gasteiger partial charge in [0.15, 0.2) is 0 Å². The fraction of sp³-hybridized carbons (Fsp3) is 0.900. The second kappa shape index (κ2) is 5.03. The predicted molar refractivity (Wildman–Crippen MR) is 60.6 cm³/mol. The number of hydrogen-bond donors (Lipinski definition) is 2. The van der Waals surface area contributed by atoms with E-state index in [1.807, 2.05) is 0 Å². The number of amides is 1. The first-order valence-electron chi connectivity index (χ1n) is 5.41. The van der Waals surface area contributed by atoms with E-state index < -0.39 is 6.09 Å². The van der Waals surface area contributed by atoms with Crippen LogP contribution in [0.4, 0.5) is 4.79 Å². The second-order valence-corrected chi connectivity index (χ2v) is 4.52. The lowest BCUT2D eigenvalue weighted by Crippen LogP contribution is -2.46. The van der Waals surface area contributed by atoms with Crippen molar-refractivity contribution in [2.75, 3.05) is 26.2 Å². The van der Waals surface area contributed by atoms with Crippen molar-refractivity contribution >= 4 is 18.5 Å². The smallest absolute Gasteiger partial charge is 0.407 e. The van der Waals surface area contributed by atoms with Crippen LogP contribution in [0.5, 0.6) is 0 Å². The number of hydrogen-bond acceptors (Lipinski definition) is 2. The monoisotopic (exact) mass is 234 g/mol. The minimum absolute atomic E-state index is 0. The van der Waals surface area contributed by atoms with E-state index in [1.54, 1.807) is 4.90 Å². The molecule has 1 spiro atoms. The molecule has 0 atom stereocenters. The number of rotatable bonds is 0. The van der Waals surface area contributed by atoms with E-state index in [0.717, 1.165) is 39.0 Å². The zero-order valence-corrected chi connectivity index (χ0v) is 9.68. The fourth-order valence-electron chi connectivity index (χ4n) is 2.63. The summed E-state index contributed by atoms with van der Waals surface area (Å²) < 4.78 is 0. The quantitative estimate of drug-likeness (QED) is 0.669. The summed E-state index contributed by atoms with van der Waals surface area (Å²) in [5.41, 5.74) is 0.456. The van der Waals surface area contributed by atoms with Gasteiger partial charge in [-0.1, -0.05) is 0 Å². The summed E-state index contributed by atoms with van der Waals surface area (Å²) in [5, 5.41) is 12.2. The Labute approximate surface area is 96.4 Å². The van der Waals surface area contributed by atoms with Gasteiger partial charge in [0.2, 0.25) is 0 Å². The normalized spacial score (nSPS) is 24.7. The standard InChI is InChI=1S/C10H18N2O2.ClH/c13-9(14)12-7-3-10(4-8-12)1-5-11-6-2-10;/h11H,1-8H2,(H,13,14);1H. The predicted octanol–water partition coefficient (Wildman–Crippen LogP) is 1.55. The second-order valence-electron chi connectivity index (χ2n) is 4.52. The van der Waals surface area contributed by atoms with Crippen molar-refractivity contribution in [1.82, 2.24) is 10.2 Å². The van der Waals surface area contributed by atoms with E-state index in [1.165, 1.54) is 12.8 Å². The van der Waals surface area contributed by atoms with E-state index in [9.17, 15) is 4.79 Å². The molecule has 5 heteroatoms. The van der Waals surface area contributed by atoms with Crippen molar-refractivity contribution in [1.29, 1.82) is 0 Å². The molecule has 2 fully saturated rings. The van der Waals surface area contributed by atoms with Crippen LogP contribution in [0.25, 0.3) is 0 Å². The van der Waals surface area contributed by atoms with Gasteiger partial charge in [-0.2, -0.15) is 0 Å². The number of likely N-dealkylation sites (tertiary alicyclic amines) is 1. The molecule has 2 rings (SSSR count). The van der Waals surface area contributed by atoms with Crippen LogP contribution in [0.3, 0.4) is 0 Å². The molecule has 2 aliphatic rings. The third kappa shape index (κ3) is 2.75. The van der Waals surface area contributed by atoms with Gasteiger partial charge in [0.25, 0.3) is 0 Å². The van der Waals surface area contributed by atoms with Crippen molar-refractivity contribution < 1.29 is 9.90 Å². The molecule has 15 heavy (non-hydrogen) atoms.